The fourth-order valence-corrected chi connectivity index (χ4v) is 3.28. The number of hydrogen-bond donors (Lipinski definition) is 1. The van der Waals surface area contributed by atoms with Gasteiger partial charge in [0.05, 0.1) is 6.54 Å². The van der Waals surface area contributed by atoms with Crippen molar-refractivity contribution in [1.29, 1.82) is 0 Å². The number of benzene rings is 1. The Bertz CT molecular complexity index is 788. The maximum atomic E-state index is 13.1. The van der Waals surface area contributed by atoms with Gasteiger partial charge in [0.1, 0.15) is 6.54 Å². The van der Waals surface area contributed by atoms with Crippen LogP contribution in [0.3, 0.4) is 0 Å². The van der Waals surface area contributed by atoms with Gasteiger partial charge < -0.3 is 19.7 Å². The van der Waals surface area contributed by atoms with Crippen molar-refractivity contribution in [2.45, 2.75) is 39.7 Å². The van der Waals surface area contributed by atoms with Crippen LogP contribution in [0.25, 0.3) is 0 Å². The summed E-state index contributed by atoms with van der Waals surface area (Å²) in [5.41, 5.74) is 1.79. The number of urea groups is 1. The van der Waals surface area contributed by atoms with Crippen LogP contribution in [0.4, 0.5) is 10.5 Å². The molecule has 2 rings (SSSR count). The molecule has 1 aromatic heterocycles. The van der Waals surface area contributed by atoms with Gasteiger partial charge in [0.15, 0.2) is 0 Å². The van der Waals surface area contributed by atoms with Crippen molar-refractivity contribution >= 4 is 33.6 Å². The van der Waals surface area contributed by atoms with Gasteiger partial charge in [-0.3, -0.25) is 4.79 Å². The van der Waals surface area contributed by atoms with Crippen molar-refractivity contribution in [2.24, 2.45) is 7.05 Å². The Kier molecular flexibility index (Phi) is 9.25. The Morgan fingerprint density at radius 3 is 2.34 bits per heavy atom. The van der Waals surface area contributed by atoms with Gasteiger partial charge >= 0.3 is 6.03 Å². The fourth-order valence-electron chi connectivity index (χ4n) is 3.02. The van der Waals surface area contributed by atoms with E-state index < -0.39 is 0 Å². The summed E-state index contributed by atoms with van der Waals surface area (Å²) in [6.45, 7) is 5.96. The van der Waals surface area contributed by atoms with Gasteiger partial charge in [0, 0.05) is 42.2 Å². The first-order chi connectivity index (χ1) is 13.9. The summed E-state index contributed by atoms with van der Waals surface area (Å²) in [5, 5.41) is 2.89. The molecule has 3 amide bonds. The lowest BCUT2D eigenvalue weighted by Crippen LogP contribution is -2.45. The number of carbonyl (C=O) groups is 2. The Labute approximate surface area is 182 Å². The topological polar surface area (TPSA) is 57.6 Å². The predicted molar refractivity (Wildman–Crippen MR) is 121 cm³/mol. The lowest BCUT2D eigenvalue weighted by atomic mass is 10.2. The average Bonchev–Trinajstić information content (AvgIpc) is 3.10. The van der Waals surface area contributed by atoms with Crippen LogP contribution < -0.4 is 5.32 Å². The molecule has 7 heteroatoms. The van der Waals surface area contributed by atoms with E-state index in [1.807, 2.05) is 66.0 Å². The zero-order valence-electron chi connectivity index (χ0n) is 17.5. The Hall–Kier alpha value is -2.28. The molecular formula is C22H31BrN4O2. The van der Waals surface area contributed by atoms with E-state index in [9.17, 15) is 9.59 Å². The molecule has 0 aliphatic heterocycles. The number of nitrogens with zero attached hydrogens (tertiary/aromatic N) is 3. The van der Waals surface area contributed by atoms with Crippen molar-refractivity contribution in [3.8, 4) is 0 Å². The first kappa shape index (κ1) is 23.0. The van der Waals surface area contributed by atoms with Crippen LogP contribution in [0.1, 0.15) is 38.8 Å². The van der Waals surface area contributed by atoms with Crippen LogP contribution >= 0.6 is 15.9 Å². The molecule has 0 bridgehead atoms. The monoisotopic (exact) mass is 462 g/mol. The second-order valence-corrected chi connectivity index (χ2v) is 8.05. The summed E-state index contributed by atoms with van der Waals surface area (Å²) in [6.07, 6.45) is 4.72. The highest BCUT2D eigenvalue weighted by atomic mass is 79.9. The first-order valence-corrected chi connectivity index (χ1v) is 10.9. The Morgan fingerprint density at radius 1 is 1.03 bits per heavy atom. The quantitative estimate of drug-likeness (QED) is 0.547. The fraction of sp³-hybridized carbons (Fsp3) is 0.455. The number of anilines is 1. The van der Waals surface area contributed by atoms with E-state index in [2.05, 4.69) is 28.2 Å². The number of rotatable bonds is 10. The van der Waals surface area contributed by atoms with E-state index >= 15 is 0 Å². The van der Waals surface area contributed by atoms with Crippen molar-refractivity contribution in [1.82, 2.24) is 14.4 Å². The Morgan fingerprint density at radius 2 is 1.76 bits per heavy atom. The first-order valence-electron chi connectivity index (χ1n) is 10.1. The predicted octanol–water partition coefficient (Wildman–Crippen LogP) is 4.86. The summed E-state index contributed by atoms with van der Waals surface area (Å²) in [5.74, 6) is -0.0287. The van der Waals surface area contributed by atoms with E-state index in [0.29, 0.717) is 25.3 Å². The highest BCUT2D eigenvalue weighted by Gasteiger charge is 2.21. The highest BCUT2D eigenvalue weighted by Crippen LogP contribution is 2.15. The van der Waals surface area contributed by atoms with Crippen LogP contribution in [0.5, 0.6) is 0 Å². The normalized spacial score (nSPS) is 10.6. The lowest BCUT2D eigenvalue weighted by molar-refractivity contribution is -0.132. The lowest BCUT2D eigenvalue weighted by Gasteiger charge is -2.28. The van der Waals surface area contributed by atoms with Gasteiger partial charge in [-0.2, -0.15) is 0 Å². The number of unbranched alkanes of at least 4 members (excludes halogenated alkanes) is 1. The summed E-state index contributed by atoms with van der Waals surface area (Å²) in [4.78, 5) is 29.3. The molecule has 0 spiro atoms. The molecule has 6 nitrogen and oxygen atoms in total. The van der Waals surface area contributed by atoms with Crippen molar-refractivity contribution in [3.63, 3.8) is 0 Å². The third kappa shape index (κ3) is 7.24. The second kappa shape index (κ2) is 11.7. The molecule has 0 fully saturated rings. The second-order valence-electron chi connectivity index (χ2n) is 7.14. The van der Waals surface area contributed by atoms with Gasteiger partial charge in [-0.25, -0.2) is 4.79 Å². The van der Waals surface area contributed by atoms with Gasteiger partial charge in [-0.15, -0.1) is 0 Å². The number of halogens is 1. The number of aromatic nitrogens is 1. The van der Waals surface area contributed by atoms with Crippen LogP contribution in [-0.4, -0.2) is 45.9 Å². The van der Waals surface area contributed by atoms with Crippen LogP contribution in [0.15, 0.2) is 47.1 Å². The number of amides is 3. The minimum absolute atomic E-state index is 0.0287. The maximum Gasteiger partial charge on any atom is 0.322 e. The zero-order chi connectivity index (χ0) is 21.2. The molecule has 0 saturated heterocycles. The smallest absolute Gasteiger partial charge is 0.322 e. The zero-order valence-corrected chi connectivity index (χ0v) is 19.1. The van der Waals surface area contributed by atoms with Crippen LogP contribution in [0, 0.1) is 0 Å². The molecule has 0 aliphatic rings. The third-order valence-electron chi connectivity index (χ3n) is 4.74. The van der Waals surface area contributed by atoms with E-state index in [1.54, 1.807) is 4.90 Å². The maximum absolute atomic E-state index is 13.1. The summed E-state index contributed by atoms with van der Waals surface area (Å²) in [7, 11) is 1.98. The number of hydrogen-bond acceptors (Lipinski definition) is 2. The molecular weight excluding hydrogens is 432 g/mol. The van der Waals surface area contributed by atoms with Crippen molar-refractivity contribution in [2.75, 3.05) is 25.0 Å². The number of aryl methyl sites for hydroxylation is 1. The number of nitrogens with one attached hydrogen (secondary N) is 1. The summed E-state index contributed by atoms with van der Waals surface area (Å²) < 4.78 is 2.97. The number of carbonyl (C=O) groups excluding carboxylic acids is 2. The van der Waals surface area contributed by atoms with Crippen LogP contribution in [-0.2, 0) is 18.4 Å². The molecule has 1 N–H and O–H groups in total. The molecule has 29 heavy (non-hydrogen) atoms. The summed E-state index contributed by atoms with van der Waals surface area (Å²) in [6, 6.07) is 11.2. The minimum atomic E-state index is -0.253. The molecule has 2 aromatic rings. The van der Waals surface area contributed by atoms with Gasteiger partial charge in [-0.1, -0.05) is 36.2 Å². The molecule has 1 heterocycles. The molecule has 0 unspecified atom stereocenters. The van der Waals surface area contributed by atoms with E-state index in [1.165, 1.54) is 0 Å². The van der Waals surface area contributed by atoms with Gasteiger partial charge in [0.2, 0.25) is 5.91 Å². The molecule has 0 saturated carbocycles. The molecule has 0 aliphatic carbocycles. The van der Waals surface area contributed by atoms with E-state index in [0.717, 1.165) is 29.4 Å². The van der Waals surface area contributed by atoms with E-state index in [4.69, 9.17) is 0 Å². The average molecular weight is 463 g/mol. The van der Waals surface area contributed by atoms with Crippen LogP contribution in [0.2, 0.25) is 0 Å². The highest BCUT2D eigenvalue weighted by molar-refractivity contribution is 9.10. The van der Waals surface area contributed by atoms with Crippen molar-refractivity contribution in [3.05, 3.63) is 52.8 Å². The molecule has 0 atom stereocenters. The molecule has 0 radical (unpaired) electrons. The molecule has 1 aromatic carbocycles. The van der Waals surface area contributed by atoms with Crippen molar-refractivity contribution < 1.29 is 9.59 Å². The molecule has 158 valence electrons. The SMILES string of the molecule is CCCCN(Cc1cccn1C)C(=O)CN(CCC)C(=O)Nc1ccc(Br)cc1. The van der Waals surface area contributed by atoms with Gasteiger partial charge in [-0.05, 0) is 49.2 Å². The Balaban J connectivity index is 2.06. The van der Waals surface area contributed by atoms with Gasteiger partial charge in [0.25, 0.3) is 0 Å². The van der Waals surface area contributed by atoms with E-state index in [-0.39, 0.29) is 18.5 Å². The standard InChI is InChI=1S/C22H31BrN4O2/c1-4-6-15-26(16-20-8-7-14-25(20)3)21(28)17-27(13-5-2)22(29)24-19-11-9-18(23)10-12-19/h7-12,14H,4-6,13,15-17H2,1-3H3,(H,24,29). The minimum Gasteiger partial charge on any atom is -0.353 e. The largest absolute Gasteiger partial charge is 0.353 e. The third-order valence-corrected chi connectivity index (χ3v) is 5.27. The summed E-state index contributed by atoms with van der Waals surface area (Å²) >= 11 is 3.39.